The first-order valence-electron chi connectivity index (χ1n) is 2.51. The zero-order valence-corrected chi connectivity index (χ0v) is 5.31. The maximum Gasteiger partial charge on any atom is 0.247 e. The summed E-state index contributed by atoms with van der Waals surface area (Å²) < 4.78 is 12.1. The third kappa shape index (κ3) is 1.91. The molecule has 0 aromatic rings. The first-order valence-corrected chi connectivity index (χ1v) is 2.51. The Hall–Kier alpha value is -0.600. The molecule has 0 atom stereocenters. The van der Waals surface area contributed by atoms with Gasteiger partial charge < -0.3 is 0 Å². The van der Waals surface area contributed by atoms with Gasteiger partial charge in [0.15, 0.2) is 0 Å². The topological polar surface area (TPSA) is 20.3 Å². The van der Waals surface area contributed by atoms with Gasteiger partial charge >= 0.3 is 0 Å². The first kappa shape index (κ1) is 7.40. The molecule has 0 unspecified atom stereocenters. The lowest BCUT2D eigenvalue weighted by Gasteiger charge is -2.11. The van der Waals surface area contributed by atoms with Crippen molar-refractivity contribution in [1.82, 2.24) is 5.12 Å². The van der Waals surface area contributed by atoms with Gasteiger partial charge in [0.05, 0.1) is 6.04 Å². The minimum absolute atomic E-state index is 0.194. The largest absolute Gasteiger partial charge is 0.273 e. The average molecular weight is 119 g/mol. The predicted octanol–water partition coefficient (Wildman–Crippen LogP) is 1.13. The van der Waals surface area contributed by atoms with E-state index in [2.05, 4.69) is 0 Å². The minimum Gasteiger partial charge on any atom is -0.273 e. The molecule has 1 amide bonds. The molecular weight excluding hydrogens is 109 g/mol. The normalized spacial score (nSPS) is 9.62. The fourth-order valence-electron chi connectivity index (χ4n) is 0.364. The van der Waals surface area contributed by atoms with Gasteiger partial charge in [-0.25, -0.2) is 0 Å². The Bertz CT molecular complexity index is 92.4. The Kier molecular flexibility index (Phi) is 2.45. The van der Waals surface area contributed by atoms with Crippen molar-refractivity contribution in [2.24, 2.45) is 0 Å². The van der Waals surface area contributed by atoms with Gasteiger partial charge in [0, 0.05) is 6.92 Å². The zero-order valence-electron chi connectivity index (χ0n) is 5.31. The SMILES string of the molecule is CC(=O)N(F)C(C)C. The second-order valence-electron chi connectivity index (χ2n) is 1.92. The Morgan fingerprint density at radius 3 is 2.00 bits per heavy atom. The van der Waals surface area contributed by atoms with Crippen LogP contribution in [0.5, 0.6) is 0 Å². The summed E-state index contributed by atoms with van der Waals surface area (Å²) in [5.74, 6) is -0.542. The number of carbonyl (C=O) groups excluding carboxylic acids is 1. The number of rotatable bonds is 1. The van der Waals surface area contributed by atoms with Crippen molar-refractivity contribution in [3.8, 4) is 0 Å². The third-order valence-corrected chi connectivity index (χ3v) is 0.754. The van der Waals surface area contributed by atoms with Crippen molar-refractivity contribution in [1.29, 1.82) is 0 Å². The molecule has 0 aliphatic heterocycles. The van der Waals surface area contributed by atoms with E-state index in [4.69, 9.17) is 0 Å². The van der Waals surface area contributed by atoms with E-state index in [1.807, 2.05) is 0 Å². The molecule has 0 aromatic carbocycles. The van der Waals surface area contributed by atoms with Crippen molar-refractivity contribution in [3.63, 3.8) is 0 Å². The van der Waals surface area contributed by atoms with Crippen LogP contribution in [0.15, 0.2) is 0 Å². The molecule has 0 fully saturated rings. The van der Waals surface area contributed by atoms with Crippen molar-refractivity contribution in [3.05, 3.63) is 0 Å². The van der Waals surface area contributed by atoms with Gasteiger partial charge in [0.25, 0.3) is 0 Å². The highest BCUT2D eigenvalue weighted by Gasteiger charge is 2.09. The second kappa shape index (κ2) is 2.64. The van der Waals surface area contributed by atoms with Crippen LogP contribution < -0.4 is 0 Å². The summed E-state index contributed by atoms with van der Waals surface area (Å²) in [5.41, 5.74) is 0. The summed E-state index contributed by atoms with van der Waals surface area (Å²) in [5, 5.41) is 0.194. The third-order valence-electron chi connectivity index (χ3n) is 0.754. The van der Waals surface area contributed by atoms with Crippen LogP contribution in [0.25, 0.3) is 0 Å². The van der Waals surface area contributed by atoms with Gasteiger partial charge in [-0.3, -0.25) is 4.79 Å². The quantitative estimate of drug-likeness (QED) is 0.474. The van der Waals surface area contributed by atoms with Gasteiger partial charge in [0.2, 0.25) is 5.91 Å². The van der Waals surface area contributed by atoms with Crippen LogP contribution in [0.2, 0.25) is 0 Å². The molecule has 0 N–H and O–H groups in total. The number of nitrogens with zero attached hydrogens (tertiary/aromatic N) is 1. The molecule has 0 saturated heterocycles. The van der Waals surface area contributed by atoms with E-state index in [9.17, 15) is 9.28 Å². The summed E-state index contributed by atoms with van der Waals surface area (Å²) in [6.45, 7) is 4.42. The van der Waals surface area contributed by atoms with Crippen LogP contribution in [0.3, 0.4) is 0 Å². The molecule has 0 aliphatic carbocycles. The van der Waals surface area contributed by atoms with Crippen LogP contribution in [0.4, 0.5) is 4.48 Å². The van der Waals surface area contributed by atoms with Gasteiger partial charge in [-0.2, -0.15) is 5.12 Å². The Labute approximate surface area is 48.2 Å². The lowest BCUT2D eigenvalue weighted by atomic mass is 10.4. The van der Waals surface area contributed by atoms with Crippen LogP contribution in [-0.4, -0.2) is 17.1 Å². The van der Waals surface area contributed by atoms with Crippen molar-refractivity contribution < 1.29 is 9.28 Å². The molecule has 0 saturated carbocycles. The number of hydrogen-bond donors (Lipinski definition) is 0. The smallest absolute Gasteiger partial charge is 0.247 e. The molecule has 2 nitrogen and oxygen atoms in total. The molecule has 0 rings (SSSR count). The fraction of sp³-hybridized carbons (Fsp3) is 0.800. The Balaban J connectivity index is 3.64. The van der Waals surface area contributed by atoms with E-state index >= 15 is 0 Å². The molecule has 0 aliphatic rings. The Morgan fingerprint density at radius 1 is 1.62 bits per heavy atom. The number of amides is 1. The highest BCUT2D eigenvalue weighted by molar-refractivity contribution is 5.72. The van der Waals surface area contributed by atoms with Crippen molar-refractivity contribution in [2.45, 2.75) is 26.8 Å². The second-order valence-corrected chi connectivity index (χ2v) is 1.92. The lowest BCUT2D eigenvalue weighted by molar-refractivity contribution is -0.147. The summed E-state index contributed by atoms with van der Waals surface area (Å²) in [6.07, 6.45) is 0. The molecule has 0 heterocycles. The molecule has 3 heteroatoms. The van der Waals surface area contributed by atoms with E-state index in [1.54, 1.807) is 13.8 Å². The standard InChI is InChI=1S/C5H10FNO/c1-4(2)7(6)5(3)8/h4H,1-3H3. The van der Waals surface area contributed by atoms with Gasteiger partial charge in [-0.05, 0) is 13.8 Å². The molecular formula is C5H10FNO. The zero-order chi connectivity index (χ0) is 6.73. The van der Waals surface area contributed by atoms with E-state index in [1.165, 1.54) is 6.92 Å². The van der Waals surface area contributed by atoms with Crippen LogP contribution in [0.1, 0.15) is 20.8 Å². The summed E-state index contributed by atoms with van der Waals surface area (Å²) in [6, 6.07) is -0.340. The number of carbonyl (C=O) groups is 1. The summed E-state index contributed by atoms with van der Waals surface area (Å²) in [4.78, 5) is 10.1. The maximum atomic E-state index is 12.1. The fourth-order valence-corrected chi connectivity index (χ4v) is 0.364. The number of hydrogen-bond acceptors (Lipinski definition) is 1. The van der Waals surface area contributed by atoms with Gasteiger partial charge in [-0.1, -0.05) is 4.48 Å². The van der Waals surface area contributed by atoms with Crippen molar-refractivity contribution >= 4 is 5.91 Å². The molecule has 48 valence electrons. The highest BCUT2D eigenvalue weighted by Crippen LogP contribution is 1.96. The van der Waals surface area contributed by atoms with Crippen LogP contribution >= 0.6 is 0 Å². The van der Waals surface area contributed by atoms with Crippen LogP contribution in [0, 0.1) is 0 Å². The monoisotopic (exact) mass is 119 g/mol. The summed E-state index contributed by atoms with van der Waals surface area (Å²) >= 11 is 0. The van der Waals surface area contributed by atoms with Gasteiger partial charge in [-0.15, -0.1) is 0 Å². The summed E-state index contributed by atoms with van der Waals surface area (Å²) in [7, 11) is 0. The lowest BCUT2D eigenvalue weighted by Crippen LogP contribution is -2.26. The average Bonchev–Trinajstić information content (AvgIpc) is 1.64. The highest BCUT2D eigenvalue weighted by atomic mass is 19.2. The molecule has 0 bridgehead atoms. The number of halogens is 1. The minimum atomic E-state index is -0.542. The molecule has 8 heavy (non-hydrogen) atoms. The van der Waals surface area contributed by atoms with Crippen LogP contribution in [-0.2, 0) is 4.79 Å². The van der Waals surface area contributed by atoms with E-state index < -0.39 is 5.91 Å². The van der Waals surface area contributed by atoms with E-state index in [-0.39, 0.29) is 11.2 Å². The van der Waals surface area contributed by atoms with E-state index in [0.717, 1.165) is 0 Å². The molecule has 0 spiro atoms. The molecule has 0 radical (unpaired) electrons. The molecule has 0 aromatic heterocycles. The predicted molar refractivity (Wildman–Crippen MR) is 28.8 cm³/mol. The first-order chi connectivity index (χ1) is 3.55. The Morgan fingerprint density at radius 2 is 2.00 bits per heavy atom. The van der Waals surface area contributed by atoms with E-state index in [0.29, 0.717) is 0 Å². The maximum absolute atomic E-state index is 12.1. The van der Waals surface area contributed by atoms with Gasteiger partial charge in [0.1, 0.15) is 0 Å². The van der Waals surface area contributed by atoms with Crippen molar-refractivity contribution in [2.75, 3.05) is 0 Å².